The van der Waals surface area contributed by atoms with Gasteiger partial charge in [0.1, 0.15) is 5.69 Å². The summed E-state index contributed by atoms with van der Waals surface area (Å²) < 4.78 is 38.9. The van der Waals surface area contributed by atoms with Gasteiger partial charge in [0.15, 0.2) is 5.78 Å². The molecular formula is C25H26F3N3O4. The largest absolute Gasteiger partial charge is 0.416 e. The number of piperazine rings is 1. The standard InChI is InChI=1S/C25H26F3N3O4/c26-25(27,28)20-7-8-21(22(16-20)31(34)35)29-11-13-30(14-12-29)24(33)10-9-23(32)19-6-5-17-3-1-2-4-18(17)15-19/h5-8,15-16H,1-4,9-14H2. The number of amides is 1. The van der Waals surface area contributed by atoms with Gasteiger partial charge in [-0.1, -0.05) is 12.1 Å². The van der Waals surface area contributed by atoms with Crippen LogP contribution in [0, 0.1) is 10.1 Å². The Kier molecular flexibility index (Phi) is 7.09. The number of carbonyl (C=O) groups is 2. The minimum Gasteiger partial charge on any atom is -0.362 e. The van der Waals surface area contributed by atoms with Crippen molar-refractivity contribution in [2.24, 2.45) is 0 Å². The molecule has 1 fully saturated rings. The summed E-state index contributed by atoms with van der Waals surface area (Å²) in [7, 11) is 0. The van der Waals surface area contributed by atoms with Crippen LogP contribution in [-0.4, -0.2) is 47.7 Å². The fraction of sp³-hybridized carbons (Fsp3) is 0.440. The number of benzene rings is 2. The van der Waals surface area contributed by atoms with Crippen LogP contribution in [0.25, 0.3) is 0 Å². The topological polar surface area (TPSA) is 83.8 Å². The molecule has 0 saturated carbocycles. The molecule has 1 saturated heterocycles. The molecule has 0 spiro atoms. The first-order chi connectivity index (χ1) is 16.6. The number of Topliss-reactive ketones (excluding diaryl/α,β-unsaturated/α-hetero) is 1. The van der Waals surface area contributed by atoms with Crippen LogP contribution in [0.3, 0.4) is 0 Å². The monoisotopic (exact) mass is 489 g/mol. The summed E-state index contributed by atoms with van der Waals surface area (Å²) >= 11 is 0. The number of nitrogens with zero attached hydrogens (tertiary/aromatic N) is 3. The highest BCUT2D eigenvalue weighted by Gasteiger charge is 2.34. The molecule has 1 heterocycles. The zero-order chi connectivity index (χ0) is 25.2. The second-order valence-corrected chi connectivity index (χ2v) is 8.94. The zero-order valence-electron chi connectivity index (χ0n) is 19.1. The Balaban J connectivity index is 1.33. The van der Waals surface area contributed by atoms with E-state index in [1.165, 1.54) is 11.1 Å². The minimum absolute atomic E-state index is 0.0658. The van der Waals surface area contributed by atoms with Gasteiger partial charge in [-0.2, -0.15) is 13.2 Å². The average molecular weight is 489 g/mol. The molecule has 35 heavy (non-hydrogen) atoms. The number of nitro groups is 1. The molecule has 1 aliphatic carbocycles. The van der Waals surface area contributed by atoms with Crippen molar-refractivity contribution in [3.63, 3.8) is 0 Å². The molecule has 0 unspecified atom stereocenters. The van der Waals surface area contributed by atoms with E-state index in [2.05, 4.69) is 0 Å². The van der Waals surface area contributed by atoms with Crippen molar-refractivity contribution in [3.8, 4) is 0 Å². The average Bonchev–Trinajstić information content (AvgIpc) is 2.86. The molecule has 7 nitrogen and oxygen atoms in total. The lowest BCUT2D eigenvalue weighted by molar-refractivity contribution is -0.384. The van der Waals surface area contributed by atoms with Crippen LogP contribution in [0.2, 0.25) is 0 Å². The second kappa shape index (κ2) is 10.1. The van der Waals surface area contributed by atoms with Gasteiger partial charge in [0.2, 0.25) is 5.91 Å². The third-order valence-electron chi connectivity index (χ3n) is 6.71. The van der Waals surface area contributed by atoms with E-state index in [-0.39, 0.29) is 56.4 Å². The summed E-state index contributed by atoms with van der Waals surface area (Å²) in [6, 6.07) is 8.24. The van der Waals surface area contributed by atoms with E-state index in [9.17, 15) is 32.9 Å². The first kappa shape index (κ1) is 24.7. The highest BCUT2D eigenvalue weighted by atomic mass is 19.4. The lowest BCUT2D eigenvalue weighted by Crippen LogP contribution is -2.49. The summed E-state index contributed by atoms with van der Waals surface area (Å²) in [6.45, 7) is 1.03. The quantitative estimate of drug-likeness (QED) is 0.331. The fourth-order valence-corrected chi connectivity index (χ4v) is 4.74. The molecule has 1 aliphatic heterocycles. The molecule has 0 bridgehead atoms. The van der Waals surface area contributed by atoms with E-state index in [4.69, 9.17) is 0 Å². The molecule has 0 atom stereocenters. The second-order valence-electron chi connectivity index (χ2n) is 8.94. The predicted molar refractivity (Wildman–Crippen MR) is 124 cm³/mol. The first-order valence-electron chi connectivity index (χ1n) is 11.7. The van der Waals surface area contributed by atoms with Gasteiger partial charge in [-0.05, 0) is 55.0 Å². The summed E-state index contributed by atoms with van der Waals surface area (Å²) in [5, 5.41) is 11.4. The molecule has 2 aromatic carbocycles. The lowest BCUT2D eigenvalue weighted by atomic mass is 9.89. The summed E-state index contributed by atoms with van der Waals surface area (Å²) in [5.74, 6) is -0.261. The molecule has 1 amide bonds. The Morgan fingerprint density at radius 3 is 2.26 bits per heavy atom. The maximum atomic E-state index is 13.0. The maximum Gasteiger partial charge on any atom is 0.416 e. The van der Waals surface area contributed by atoms with Gasteiger partial charge >= 0.3 is 6.18 Å². The molecule has 2 aromatic rings. The van der Waals surface area contributed by atoms with Crippen molar-refractivity contribution in [1.29, 1.82) is 0 Å². The molecule has 10 heteroatoms. The van der Waals surface area contributed by atoms with Crippen molar-refractivity contribution >= 4 is 23.1 Å². The van der Waals surface area contributed by atoms with Gasteiger partial charge in [-0.15, -0.1) is 0 Å². The normalized spacial score (nSPS) is 16.1. The maximum absolute atomic E-state index is 13.0. The fourth-order valence-electron chi connectivity index (χ4n) is 4.74. The van der Waals surface area contributed by atoms with Crippen LogP contribution >= 0.6 is 0 Å². The number of halogens is 3. The van der Waals surface area contributed by atoms with E-state index in [0.717, 1.165) is 37.8 Å². The molecule has 4 rings (SSSR count). The number of nitro benzene ring substituents is 1. The van der Waals surface area contributed by atoms with E-state index < -0.39 is 22.4 Å². The molecule has 0 radical (unpaired) electrons. The minimum atomic E-state index is -4.68. The van der Waals surface area contributed by atoms with Crippen LogP contribution in [0.15, 0.2) is 36.4 Å². The SMILES string of the molecule is O=C(CCC(=O)N1CCN(c2ccc(C(F)(F)F)cc2[N+](=O)[O-])CC1)c1ccc2c(c1)CCCC2. The zero-order valence-corrected chi connectivity index (χ0v) is 19.1. The third-order valence-corrected chi connectivity index (χ3v) is 6.71. The summed E-state index contributed by atoms with van der Waals surface area (Å²) in [4.78, 5) is 39.0. The van der Waals surface area contributed by atoms with Gasteiger partial charge in [0, 0.05) is 50.7 Å². The highest BCUT2D eigenvalue weighted by Crippen LogP contribution is 2.36. The van der Waals surface area contributed by atoms with Crippen molar-refractivity contribution in [2.75, 3.05) is 31.1 Å². The smallest absolute Gasteiger partial charge is 0.362 e. The van der Waals surface area contributed by atoms with Gasteiger partial charge in [0.25, 0.3) is 5.69 Å². The Bertz CT molecular complexity index is 1140. The van der Waals surface area contributed by atoms with Gasteiger partial charge in [0.05, 0.1) is 10.5 Å². The van der Waals surface area contributed by atoms with E-state index in [1.54, 1.807) is 9.80 Å². The van der Waals surface area contributed by atoms with E-state index in [0.29, 0.717) is 11.6 Å². The molecular weight excluding hydrogens is 463 g/mol. The summed E-state index contributed by atoms with van der Waals surface area (Å²) in [6.07, 6.45) is -0.233. The number of carbonyl (C=O) groups excluding carboxylic acids is 2. The number of ketones is 1. The third kappa shape index (κ3) is 5.63. The van der Waals surface area contributed by atoms with Gasteiger partial charge in [-0.25, -0.2) is 0 Å². The molecule has 186 valence electrons. The van der Waals surface area contributed by atoms with Crippen molar-refractivity contribution in [1.82, 2.24) is 4.90 Å². The Morgan fingerprint density at radius 2 is 1.60 bits per heavy atom. The highest BCUT2D eigenvalue weighted by molar-refractivity contribution is 5.98. The number of alkyl halides is 3. The Labute approximate surface area is 200 Å². The van der Waals surface area contributed by atoms with Crippen LogP contribution in [0.4, 0.5) is 24.5 Å². The van der Waals surface area contributed by atoms with Gasteiger partial charge in [-0.3, -0.25) is 19.7 Å². The van der Waals surface area contributed by atoms with Crippen molar-refractivity contribution in [3.05, 3.63) is 68.8 Å². The number of hydrogen-bond acceptors (Lipinski definition) is 5. The van der Waals surface area contributed by atoms with Crippen molar-refractivity contribution in [2.45, 2.75) is 44.7 Å². The lowest BCUT2D eigenvalue weighted by Gasteiger charge is -2.36. The number of rotatable bonds is 6. The summed E-state index contributed by atoms with van der Waals surface area (Å²) in [5.41, 5.74) is 1.52. The van der Waals surface area contributed by atoms with Crippen LogP contribution in [0.5, 0.6) is 0 Å². The number of anilines is 1. The molecule has 2 aliphatic rings. The molecule has 0 N–H and O–H groups in total. The number of hydrogen-bond donors (Lipinski definition) is 0. The Morgan fingerprint density at radius 1 is 0.914 bits per heavy atom. The van der Waals surface area contributed by atoms with E-state index >= 15 is 0 Å². The predicted octanol–water partition coefficient (Wildman–Crippen LogP) is 4.80. The Hall–Kier alpha value is -3.43. The van der Waals surface area contributed by atoms with Crippen LogP contribution < -0.4 is 4.90 Å². The van der Waals surface area contributed by atoms with Gasteiger partial charge < -0.3 is 9.80 Å². The molecule has 0 aromatic heterocycles. The van der Waals surface area contributed by atoms with Crippen LogP contribution in [-0.2, 0) is 23.8 Å². The number of aryl methyl sites for hydroxylation is 2. The van der Waals surface area contributed by atoms with Crippen molar-refractivity contribution < 1.29 is 27.7 Å². The first-order valence-corrected chi connectivity index (χ1v) is 11.7. The van der Waals surface area contributed by atoms with Crippen LogP contribution in [0.1, 0.15) is 52.7 Å². The number of fused-ring (bicyclic) bond motifs is 1. The van der Waals surface area contributed by atoms with E-state index in [1.807, 2.05) is 18.2 Å².